The number of thiophene rings is 4. The Morgan fingerprint density at radius 3 is 1.32 bits per heavy atom. The van der Waals surface area contributed by atoms with E-state index in [1.807, 2.05) is 12.1 Å². The van der Waals surface area contributed by atoms with Gasteiger partial charge in [-0.15, -0.1) is 45.3 Å². The molecule has 11 heteroatoms. The maximum absolute atomic E-state index is 11.7. The number of rotatable bonds is 29. The summed E-state index contributed by atoms with van der Waals surface area (Å²) in [4.78, 5) is 34.0. The Morgan fingerprint density at radius 1 is 0.519 bits per heavy atom. The van der Waals surface area contributed by atoms with Crippen molar-refractivity contribution in [3.8, 4) is 33.0 Å². The fourth-order valence-corrected chi connectivity index (χ4v) is 13.3. The van der Waals surface area contributed by atoms with Gasteiger partial charge in [0.25, 0.3) is 0 Å². The number of carbonyl (C=O) groups is 2. The Morgan fingerprint density at radius 2 is 0.935 bits per heavy atom. The number of anilines is 3. The molecule has 0 aliphatic carbocycles. The summed E-state index contributed by atoms with van der Waals surface area (Å²) in [5.41, 5.74) is 8.50. The van der Waals surface area contributed by atoms with E-state index >= 15 is 0 Å². The molecule has 0 amide bonds. The molecule has 0 bridgehead atoms. The summed E-state index contributed by atoms with van der Waals surface area (Å²) >= 11 is 6.49. The quantitative estimate of drug-likeness (QED) is 0.0272. The highest BCUT2D eigenvalue weighted by Crippen LogP contribution is 2.40. The molecule has 77 heavy (non-hydrogen) atoms. The number of hydrogen-bond acceptors (Lipinski definition) is 9. The van der Waals surface area contributed by atoms with Crippen LogP contribution >= 0.6 is 45.3 Å². The predicted octanol–water partition coefficient (Wildman–Crippen LogP) is 20.1. The average Bonchev–Trinajstić information content (AvgIpc) is 4.29. The lowest BCUT2D eigenvalue weighted by molar-refractivity contribution is -0.133. The standard InChI is InChI=1S/C66H69N3O4S4/c1-5-9-12-14-17-50-40-59(76-63(50)42-52(44-67)65(70)71)33-31-57-35-37-61(74-57)48-21-27-55(28-22-48)69(54-25-19-47(20-26-54)39-46(8-4)16-11-7-3)56-29-23-49(24-30-56)62-38-36-58(75-62)32-34-60-41-51(18-15-13-10-6-2)64(77-60)43-53(45-68)66(72)73/h19-38,40-43,46H,5-18,39H2,1-4H3,(H,70,71)(H,72,73). The van der Waals surface area contributed by atoms with Crippen LogP contribution in [0.1, 0.15) is 151 Å². The van der Waals surface area contributed by atoms with Crippen molar-refractivity contribution in [3.05, 3.63) is 166 Å². The molecule has 7 nitrogen and oxygen atoms in total. The van der Waals surface area contributed by atoms with E-state index in [-0.39, 0.29) is 11.1 Å². The number of unbranched alkanes of at least 4 members (excludes halogenated alkanes) is 7. The lowest BCUT2D eigenvalue weighted by Crippen LogP contribution is -2.10. The van der Waals surface area contributed by atoms with E-state index < -0.39 is 11.9 Å². The van der Waals surface area contributed by atoms with Crippen molar-refractivity contribution in [2.45, 2.75) is 124 Å². The van der Waals surface area contributed by atoms with E-state index in [4.69, 9.17) is 0 Å². The Balaban J connectivity index is 1.11. The predicted molar refractivity (Wildman–Crippen MR) is 329 cm³/mol. The summed E-state index contributed by atoms with van der Waals surface area (Å²) in [6.45, 7) is 8.94. The highest BCUT2D eigenvalue weighted by Gasteiger charge is 2.17. The third kappa shape index (κ3) is 16.6. The first kappa shape index (κ1) is 57.8. The molecule has 0 spiro atoms. The second kappa shape index (κ2) is 29.6. The molecule has 4 aromatic heterocycles. The van der Waals surface area contributed by atoms with E-state index in [0.29, 0.717) is 5.92 Å². The van der Waals surface area contributed by atoms with Gasteiger partial charge in [-0.3, -0.25) is 0 Å². The third-order valence-corrected chi connectivity index (χ3v) is 18.1. The Hall–Kier alpha value is -6.86. The highest BCUT2D eigenvalue weighted by molar-refractivity contribution is 7.17. The van der Waals surface area contributed by atoms with Crippen molar-refractivity contribution in [1.29, 1.82) is 10.5 Å². The molecule has 0 aliphatic heterocycles. The van der Waals surface area contributed by atoms with Gasteiger partial charge in [0.1, 0.15) is 23.3 Å². The van der Waals surface area contributed by atoms with E-state index in [2.05, 4.69) is 166 Å². The number of carboxylic acids is 2. The number of aryl methyl sites for hydroxylation is 2. The first-order valence-electron chi connectivity index (χ1n) is 27.1. The zero-order valence-electron chi connectivity index (χ0n) is 44.7. The monoisotopic (exact) mass is 1100 g/mol. The van der Waals surface area contributed by atoms with E-state index in [9.17, 15) is 30.3 Å². The first-order valence-corrected chi connectivity index (χ1v) is 30.4. The van der Waals surface area contributed by atoms with Crippen molar-refractivity contribution < 1.29 is 19.8 Å². The van der Waals surface area contributed by atoms with Crippen molar-refractivity contribution in [3.63, 3.8) is 0 Å². The molecule has 3 aromatic carbocycles. The van der Waals surface area contributed by atoms with E-state index in [1.54, 1.807) is 22.7 Å². The van der Waals surface area contributed by atoms with Gasteiger partial charge in [0, 0.05) is 56.1 Å². The molecular formula is C66H69N3O4S4. The van der Waals surface area contributed by atoms with Crippen LogP contribution in [0.4, 0.5) is 17.1 Å². The summed E-state index contributed by atoms with van der Waals surface area (Å²) in [5, 5.41) is 38.0. The molecule has 2 N–H and O–H groups in total. The molecular weight excluding hydrogens is 1030 g/mol. The average molecular weight is 1100 g/mol. The maximum Gasteiger partial charge on any atom is 0.346 e. The molecule has 0 saturated heterocycles. The van der Waals surface area contributed by atoms with Crippen LogP contribution in [-0.4, -0.2) is 22.2 Å². The topological polar surface area (TPSA) is 125 Å². The van der Waals surface area contributed by atoms with E-state index in [1.165, 1.54) is 66.1 Å². The lowest BCUT2D eigenvalue weighted by atomic mass is 9.92. The number of aliphatic carboxylic acids is 2. The molecule has 4 heterocycles. The van der Waals surface area contributed by atoms with Gasteiger partial charge in [-0.1, -0.05) is 128 Å². The van der Waals surface area contributed by atoms with Gasteiger partial charge in [0.05, 0.1) is 0 Å². The summed E-state index contributed by atoms with van der Waals surface area (Å²) in [5.74, 6) is -1.74. The van der Waals surface area contributed by atoms with Gasteiger partial charge in [-0.25, -0.2) is 9.59 Å². The van der Waals surface area contributed by atoms with Crippen LogP contribution in [0.5, 0.6) is 0 Å². The molecule has 0 fully saturated rings. The Bertz CT molecular complexity index is 3070. The van der Waals surface area contributed by atoms with Crippen molar-refractivity contribution in [2.24, 2.45) is 5.92 Å². The fourth-order valence-electron chi connectivity index (χ4n) is 9.34. The number of benzene rings is 3. The summed E-state index contributed by atoms with van der Waals surface area (Å²) in [7, 11) is 0. The van der Waals surface area contributed by atoms with E-state index in [0.717, 1.165) is 149 Å². The fraction of sp³-hybridized carbons (Fsp3) is 0.303. The lowest BCUT2D eigenvalue weighted by Gasteiger charge is -2.26. The van der Waals surface area contributed by atoms with Crippen LogP contribution in [0.25, 0.3) is 57.3 Å². The molecule has 0 aliphatic rings. The minimum atomic E-state index is -1.21. The van der Waals surface area contributed by atoms with Crippen molar-refractivity contribution in [2.75, 3.05) is 4.90 Å². The van der Waals surface area contributed by atoms with Crippen LogP contribution in [0.2, 0.25) is 0 Å². The number of hydrogen-bond donors (Lipinski definition) is 2. The minimum absolute atomic E-state index is 0.250. The van der Waals surface area contributed by atoms with Gasteiger partial charge in [0.2, 0.25) is 0 Å². The number of nitriles is 2. The van der Waals surface area contributed by atoms with Crippen molar-refractivity contribution in [1.82, 2.24) is 0 Å². The zero-order valence-corrected chi connectivity index (χ0v) is 48.0. The number of carboxylic acid groups (broad SMARTS) is 2. The second-order valence-corrected chi connectivity index (χ2v) is 23.9. The van der Waals surface area contributed by atoms with Crippen LogP contribution in [0.15, 0.2) is 120 Å². The molecule has 0 saturated carbocycles. The maximum atomic E-state index is 11.7. The van der Waals surface area contributed by atoms with Crippen molar-refractivity contribution >= 4 is 111 Å². The highest BCUT2D eigenvalue weighted by atomic mass is 32.1. The normalized spacial score (nSPS) is 12.3. The van der Waals surface area contributed by atoms with Crippen LogP contribution in [-0.2, 0) is 28.9 Å². The van der Waals surface area contributed by atoms with Gasteiger partial charge in [0.15, 0.2) is 0 Å². The first-order chi connectivity index (χ1) is 37.5. The molecule has 1 atom stereocenters. The summed E-state index contributed by atoms with van der Waals surface area (Å²) < 4.78 is 0. The van der Waals surface area contributed by atoms with Crippen LogP contribution in [0, 0.1) is 28.6 Å². The molecule has 0 radical (unpaired) electrons. The minimum Gasteiger partial charge on any atom is -0.477 e. The largest absolute Gasteiger partial charge is 0.477 e. The molecule has 1 unspecified atom stereocenters. The Labute approximate surface area is 472 Å². The van der Waals surface area contributed by atoms with Crippen LogP contribution < -0.4 is 4.90 Å². The summed E-state index contributed by atoms with van der Waals surface area (Å²) in [6.07, 6.45) is 28.0. The smallest absolute Gasteiger partial charge is 0.346 e. The molecule has 396 valence electrons. The third-order valence-electron chi connectivity index (χ3n) is 13.7. The summed E-state index contributed by atoms with van der Waals surface area (Å²) in [6, 6.07) is 43.3. The van der Waals surface area contributed by atoms with Gasteiger partial charge in [-0.05, 0) is 175 Å². The number of nitrogens with zero attached hydrogens (tertiary/aromatic N) is 3. The second-order valence-electron chi connectivity index (χ2n) is 19.4. The molecule has 7 aromatic rings. The van der Waals surface area contributed by atoms with Gasteiger partial charge in [-0.2, -0.15) is 10.5 Å². The zero-order chi connectivity index (χ0) is 54.5. The molecule has 7 rings (SSSR count). The van der Waals surface area contributed by atoms with Gasteiger partial charge >= 0.3 is 11.9 Å². The SMILES string of the molecule is CCCCCCc1cc(C=Cc2ccc(-c3ccc(N(c4ccc(CC(CC)CCCC)cc4)c4ccc(-c5ccc(C=Cc6cc(CCCCCC)c(C=C(C#N)C(=O)O)s6)s5)cc4)cc3)s2)sc1C=C(C#N)C(=O)O. The van der Waals surface area contributed by atoms with Crippen LogP contribution in [0.3, 0.4) is 0 Å². The Kier molecular flexibility index (Phi) is 22.2. The van der Waals surface area contributed by atoms with Gasteiger partial charge < -0.3 is 15.1 Å².